The lowest BCUT2D eigenvalue weighted by Gasteiger charge is -2.13. The lowest BCUT2D eigenvalue weighted by Crippen LogP contribution is -2.13. The molecule has 6 nitrogen and oxygen atoms in total. The van der Waals surface area contributed by atoms with Gasteiger partial charge in [-0.3, -0.25) is 9.59 Å². The first-order valence-electron chi connectivity index (χ1n) is 8.86. The van der Waals surface area contributed by atoms with E-state index in [4.69, 9.17) is 16.2 Å². The van der Waals surface area contributed by atoms with E-state index in [9.17, 15) is 22.8 Å². The Morgan fingerprint density at radius 1 is 1.18 bits per heavy atom. The molecule has 0 aliphatic heterocycles. The van der Waals surface area contributed by atoms with Crippen LogP contribution in [0.2, 0.25) is 0 Å². The van der Waals surface area contributed by atoms with Crippen LogP contribution in [0.3, 0.4) is 0 Å². The Bertz CT molecular complexity index is 736. The molecule has 4 N–H and O–H groups in total. The molecular weight excluding hydrogens is 375 g/mol. The number of pyridine rings is 1. The van der Waals surface area contributed by atoms with Crippen molar-refractivity contribution in [1.29, 1.82) is 0 Å². The quantitative estimate of drug-likeness (QED) is 0.489. The van der Waals surface area contributed by atoms with Crippen molar-refractivity contribution in [2.45, 2.75) is 38.5 Å². The molecule has 0 atom stereocenters. The van der Waals surface area contributed by atoms with Crippen molar-refractivity contribution >= 4 is 11.7 Å². The molecule has 28 heavy (non-hydrogen) atoms. The van der Waals surface area contributed by atoms with Gasteiger partial charge >= 0.3 is 0 Å². The highest BCUT2D eigenvalue weighted by molar-refractivity contribution is 5.92. The van der Waals surface area contributed by atoms with Crippen LogP contribution in [0.1, 0.15) is 48.9 Å². The number of halogens is 3. The number of Topliss-reactive ketones (excluding diaryl/α,β-unsaturated/α-hetero) is 1. The summed E-state index contributed by atoms with van der Waals surface area (Å²) in [5.74, 6) is -3.51. The minimum absolute atomic E-state index is 0.132. The van der Waals surface area contributed by atoms with E-state index >= 15 is 0 Å². The third-order valence-corrected chi connectivity index (χ3v) is 3.71. The monoisotopic (exact) mass is 399 g/mol. The summed E-state index contributed by atoms with van der Waals surface area (Å²) < 4.78 is 43.8. The maximum Gasteiger partial charge on any atom is 0.253 e. The molecule has 9 heteroatoms. The Morgan fingerprint density at radius 3 is 2.50 bits per heavy atom. The van der Waals surface area contributed by atoms with E-state index in [0.717, 1.165) is 19.3 Å². The summed E-state index contributed by atoms with van der Waals surface area (Å²) in [5, 5.41) is 0. The number of nitrogens with two attached hydrogens (primary N) is 2. The van der Waals surface area contributed by atoms with Crippen LogP contribution in [0.5, 0.6) is 0 Å². The molecule has 0 spiro atoms. The summed E-state index contributed by atoms with van der Waals surface area (Å²) in [6.45, 7) is 0.339. The summed E-state index contributed by atoms with van der Waals surface area (Å²) in [4.78, 5) is 25.0. The first-order chi connectivity index (χ1) is 13.4. The molecule has 0 saturated carbocycles. The maximum absolute atomic E-state index is 13.2. The molecule has 0 unspecified atom stereocenters. The average molecular weight is 399 g/mol. The summed E-state index contributed by atoms with van der Waals surface area (Å²) in [6, 6.07) is 2.73. The smallest absolute Gasteiger partial charge is 0.253 e. The summed E-state index contributed by atoms with van der Waals surface area (Å²) in [5.41, 5.74) is 9.94. The first kappa shape index (κ1) is 23.4. The predicted molar refractivity (Wildman–Crippen MR) is 97.8 cm³/mol. The Balaban J connectivity index is 0.000000330. The van der Waals surface area contributed by atoms with Gasteiger partial charge < -0.3 is 16.2 Å². The second-order valence-electron chi connectivity index (χ2n) is 5.96. The second-order valence-corrected chi connectivity index (χ2v) is 5.96. The van der Waals surface area contributed by atoms with Crippen molar-refractivity contribution in [3.8, 4) is 0 Å². The zero-order chi connectivity index (χ0) is 20.9. The number of carbonyl (C=O) groups is 2. The number of aromatic nitrogens is 1. The topological polar surface area (TPSA) is 108 Å². The van der Waals surface area contributed by atoms with Crippen molar-refractivity contribution in [3.63, 3.8) is 0 Å². The largest absolute Gasteiger partial charge is 0.480 e. The van der Waals surface area contributed by atoms with Gasteiger partial charge in [-0.1, -0.05) is 6.42 Å². The summed E-state index contributed by atoms with van der Waals surface area (Å²) in [6.07, 6.45) is 5.84. The molecule has 0 aromatic carbocycles. The molecule has 0 bridgehead atoms. The minimum Gasteiger partial charge on any atom is -0.480 e. The molecule has 1 amide bonds. The Labute approximate surface area is 161 Å². The van der Waals surface area contributed by atoms with E-state index in [0.29, 0.717) is 19.4 Å². The number of nitrogens with zero attached hydrogens (tertiary/aromatic N) is 1. The molecule has 154 valence electrons. The van der Waals surface area contributed by atoms with Crippen LogP contribution in [-0.2, 0) is 9.53 Å². The predicted octanol–water partition coefficient (Wildman–Crippen LogP) is 3.24. The lowest BCUT2D eigenvalue weighted by atomic mass is 10.1. The van der Waals surface area contributed by atoms with Gasteiger partial charge in [-0.05, 0) is 44.0 Å². The zero-order valence-electron chi connectivity index (χ0n) is 15.4. The number of hydrogen-bond donors (Lipinski definition) is 2. The molecule has 0 saturated heterocycles. The van der Waals surface area contributed by atoms with Crippen LogP contribution >= 0.6 is 0 Å². The van der Waals surface area contributed by atoms with E-state index in [1.54, 1.807) is 0 Å². The number of hydrogen-bond acceptors (Lipinski definition) is 5. The molecule has 1 aromatic rings. The van der Waals surface area contributed by atoms with E-state index in [1.165, 1.54) is 24.4 Å². The highest BCUT2D eigenvalue weighted by atomic mass is 19.1. The SMILES string of the molecule is NC(=O)c1cccnc1F.NCCCCCC(=O)COC1=C(F)CCC=C1F. The van der Waals surface area contributed by atoms with Crippen LogP contribution in [0, 0.1) is 5.95 Å². The third-order valence-electron chi connectivity index (χ3n) is 3.71. The zero-order valence-corrected chi connectivity index (χ0v) is 15.4. The highest BCUT2D eigenvalue weighted by Gasteiger charge is 2.18. The van der Waals surface area contributed by atoms with Gasteiger partial charge in [0.25, 0.3) is 5.91 Å². The van der Waals surface area contributed by atoms with Gasteiger partial charge in [-0.15, -0.1) is 0 Å². The standard InChI is InChI=1S/C13H19F2NO2.C6H5FN2O/c14-11-6-4-7-12(15)13(11)18-9-10(17)5-2-1-3-8-16;7-5-4(6(8)10)2-1-3-9-5/h6H,1-5,7-9,16H2;1-3H,(H2,8,10). The van der Waals surface area contributed by atoms with Crippen molar-refractivity contribution in [2.24, 2.45) is 11.5 Å². The van der Waals surface area contributed by atoms with E-state index in [2.05, 4.69) is 4.98 Å². The first-order valence-corrected chi connectivity index (χ1v) is 8.86. The molecule has 0 radical (unpaired) electrons. The van der Waals surface area contributed by atoms with Crippen molar-refractivity contribution in [1.82, 2.24) is 4.98 Å². The van der Waals surface area contributed by atoms with Crippen molar-refractivity contribution in [2.75, 3.05) is 13.2 Å². The molecule has 1 aromatic heterocycles. The fraction of sp³-hybridized carbons (Fsp3) is 0.421. The van der Waals surface area contributed by atoms with Gasteiger partial charge in [0.05, 0.1) is 5.56 Å². The van der Waals surface area contributed by atoms with Gasteiger partial charge in [-0.2, -0.15) is 4.39 Å². The van der Waals surface area contributed by atoms with Gasteiger partial charge in [0.15, 0.2) is 17.4 Å². The third kappa shape index (κ3) is 8.34. The maximum atomic E-state index is 13.2. The molecular formula is C19H24F3N3O3. The van der Waals surface area contributed by atoms with E-state index in [-0.39, 0.29) is 24.4 Å². The van der Waals surface area contributed by atoms with Gasteiger partial charge in [0.1, 0.15) is 12.4 Å². The number of ether oxygens (including phenoxy) is 1. The molecule has 1 aliphatic rings. The van der Waals surface area contributed by atoms with Crippen LogP contribution in [-0.4, -0.2) is 29.8 Å². The van der Waals surface area contributed by atoms with Crippen LogP contribution in [0.15, 0.2) is 41.8 Å². The number of carbonyl (C=O) groups excluding carboxylic acids is 2. The fourth-order valence-corrected chi connectivity index (χ4v) is 2.25. The average Bonchev–Trinajstić information content (AvgIpc) is 2.65. The molecule has 0 fully saturated rings. The fourth-order valence-electron chi connectivity index (χ4n) is 2.25. The van der Waals surface area contributed by atoms with Crippen molar-refractivity contribution in [3.05, 3.63) is 53.3 Å². The number of unbranched alkanes of at least 4 members (excludes halogenated alkanes) is 2. The van der Waals surface area contributed by atoms with Gasteiger partial charge in [0.2, 0.25) is 5.95 Å². The minimum atomic E-state index is -0.824. The summed E-state index contributed by atoms with van der Waals surface area (Å²) in [7, 11) is 0. The Hall–Kier alpha value is -2.68. The normalized spacial score (nSPS) is 13.4. The number of amides is 1. The van der Waals surface area contributed by atoms with E-state index < -0.39 is 29.3 Å². The molecule has 1 heterocycles. The van der Waals surface area contributed by atoms with Crippen LogP contribution in [0.25, 0.3) is 0 Å². The molecule has 2 rings (SSSR count). The number of primary amides is 1. The van der Waals surface area contributed by atoms with Crippen LogP contribution < -0.4 is 11.5 Å². The lowest BCUT2D eigenvalue weighted by molar-refractivity contribution is -0.122. The van der Waals surface area contributed by atoms with Gasteiger partial charge in [-0.25, -0.2) is 13.8 Å². The van der Waals surface area contributed by atoms with E-state index in [1.807, 2.05) is 0 Å². The Kier molecular flexibility index (Phi) is 10.6. The van der Waals surface area contributed by atoms with Crippen LogP contribution in [0.4, 0.5) is 13.2 Å². The highest BCUT2D eigenvalue weighted by Crippen LogP contribution is 2.27. The number of allylic oxidation sites excluding steroid dienone is 3. The van der Waals surface area contributed by atoms with Gasteiger partial charge in [0, 0.05) is 19.0 Å². The summed E-state index contributed by atoms with van der Waals surface area (Å²) >= 11 is 0. The second kappa shape index (κ2) is 12.7. The van der Waals surface area contributed by atoms with Crippen molar-refractivity contribution < 1.29 is 27.5 Å². The molecule has 1 aliphatic carbocycles. The Morgan fingerprint density at radius 2 is 1.93 bits per heavy atom. The number of ketones is 1. The number of rotatable bonds is 9.